The number of imide groups is 1. The number of ether oxygens (including phenoxy) is 2. The maximum absolute atomic E-state index is 13.0. The van der Waals surface area contributed by atoms with Gasteiger partial charge in [0.1, 0.15) is 13.2 Å². The van der Waals surface area contributed by atoms with Gasteiger partial charge in [-0.05, 0) is 54.6 Å². The molecule has 186 valence electrons. The number of amides is 3. The van der Waals surface area contributed by atoms with E-state index in [-0.39, 0.29) is 24.0 Å². The number of para-hydroxylation sites is 1. The Hall–Kier alpha value is -3.90. The summed E-state index contributed by atoms with van der Waals surface area (Å²) in [7, 11) is 0. The fourth-order valence-corrected chi connectivity index (χ4v) is 4.84. The van der Waals surface area contributed by atoms with Crippen LogP contribution in [0.2, 0.25) is 0 Å². The minimum atomic E-state index is -0.480. The third kappa shape index (κ3) is 5.83. The van der Waals surface area contributed by atoms with Crippen molar-refractivity contribution in [2.75, 3.05) is 50.8 Å². The lowest BCUT2D eigenvalue weighted by molar-refractivity contribution is -0.136. The largest absolute Gasteiger partial charge is 0.490 e. The maximum atomic E-state index is 13.0. The van der Waals surface area contributed by atoms with E-state index >= 15 is 0 Å². The second kappa shape index (κ2) is 11.7. The SMILES string of the molecule is C#CCOc1ccc(/C=C2/SC(=O)N(CC(=O)N3CCN(c4ccccc4)CC3)C2=O)cc1OCC. The highest BCUT2D eigenvalue weighted by molar-refractivity contribution is 8.18. The summed E-state index contributed by atoms with van der Waals surface area (Å²) in [5.41, 5.74) is 1.78. The van der Waals surface area contributed by atoms with Gasteiger partial charge in [-0.15, -0.1) is 6.42 Å². The Morgan fingerprint density at radius 1 is 1.06 bits per heavy atom. The molecule has 0 aliphatic carbocycles. The van der Waals surface area contributed by atoms with E-state index < -0.39 is 11.1 Å². The maximum Gasteiger partial charge on any atom is 0.294 e. The summed E-state index contributed by atoms with van der Waals surface area (Å²) in [5, 5.41) is -0.457. The number of terminal acetylenes is 1. The van der Waals surface area contributed by atoms with Crippen molar-refractivity contribution in [2.45, 2.75) is 6.92 Å². The molecular formula is C27H27N3O5S. The van der Waals surface area contributed by atoms with Crippen LogP contribution in [-0.4, -0.2) is 72.8 Å². The molecule has 0 unspecified atom stereocenters. The Kier molecular flexibility index (Phi) is 8.18. The molecule has 2 aromatic carbocycles. The van der Waals surface area contributed by atoms with Crippen molar-refractivity contribution in [1.82, 2.24) is 9.80 Å². The first-order chi connectivity index (χ1) is 17.5. The normalized spacial score (nSPS) is 16.9. The molecule has 2 aromatic rings. The van der Waals surface area contributed by atoms with Crippen LogP contribution in [0.15, 0.2) is 53.4 Å². The zero-order chi connectivity index (χ0) is 25.5. The van der Waals surface area contributed by atoms with Crippen molar-refractivity contribution in [1.29, 1.82) is 0 Å². The van der Waals surface area contributed by atoms with Crippen LogP contribution in [0.3, 0.4) is 0 Å². The topological polar surface area (TPSA) is 79.4 Å². The van der Waals surface area contributed by atoms with Crippen molar-refractivity contribution < 1.29 is 23.9 Å². The average molecular weight is 506 g/mol. The summed E-state index contributed by atoms with van der Waals surface area (Å²) in [5.74, 6) is 2.68. The van der Waals surface area contributed by atoms with Crippen LogP contribution in [0.25, 0.3) is 6.08 Å². The molecule has 36 heavy (non-hydrogen) atoms. The van der Waals surface area contributed by atoms with Gasteiger partial charge in [-0.2, -0.15) is 0 Å². The lowest BCUT2D eigenvalue weighted by atomic mass is 10.2. The summed E-state index contributed by atoms with van der Waals surface area (Å²) in [6, 6.07) is 15.2. The number of piperazine rings is 1. The van der Waals surface area contributed by atoms with Crippen LogP contribution in [0, 0.1) is 12.3 Å². The molecule has 2 heterocycles. The summed E-state index contributed by atoms with van der Waals surface area (Å²) >= 11 is 0.821. The van der Waals surface area contributed by atoms with E-state index in [9.17, 15) is 14.4 Å². The number of carbonyl (C=O) groups excluding carboxylic acids is 3. The molecular weight excluding hydrogens is 478 g/mol. The highest BCUT2D eigenvalue weighted by Gasteiger charge is 2.37. The van der Waals surface area contributed by atoms with Gasteiger partial charge in [-0.25, -0.2) is 0 Å². The predicted molar refractivity (Wildman–Crippen MR) is 140 cm³/mol. The molecule has 9 heteroatoms. The summed E-state index contributed by atoms with van der Waals surface area (Å²) in [4.78, 5) is 43.6. The van der Waals surface area contributed by atoms with Crippen LogP contribution in [0.1, 0.15) is 12.5 Å². The fourth-order valence-electron chi connectivity index (χ4n) is 4.00. The van der Waals surface area contributed by atoms with Gasteiger partial charge in [0.05, 0.1) is 11.5 Å². The fraction of sp³-hybridized carbons (Fsp3) is 0.296. The van der Waals surface area contributed by atoms with Crippen LogP contribution in [-0.2, 0) is 9.59 Å². The highest BCUT2D eigenvalue weighted by Crippen LogP contribution is 2.34. The number of anilines is 1. The van der Waals surface area contributed by atoms with Gasteiger partial charge in [-0.3, -0.25) is 19.3 Å². The third-order valence-corrected chi connectivity index (χ3v) is 6.70. The van der Waals surface area contributed by atoms with E-state index in [0.29, 0.717) is 49.8 Å². The Balaban J connectivity index is 1.39. The number of carbonyl (C=O) groups is 3. The highest BCUT2D eigenvalue weighted by atomic mass is 32.2. The molecule has 3 amide bonds. The lowest BCUT2D eigenvalue weighted by Crippen LogP contribution is -2.51. The standard InChI is InChI=1S/C27H27N3O5S/c1-3-16-35-22-11-10-20(17-23(22)34-4-2)18-24-26(32)30(27(33)36-24)19-25(31)29-14-12-28(13-15-29)21-8-6-5-7-9-21/h1,5-11,17-18H,4,12-16,19H2,2H3/b24-18+. The molecule has 0 saturated carbocycles. The smallest absolute Gasteiger partial charge is 0.294 e. The number of benzene rings is 2. The van der Waals surface area contributed by atoms with Gasteiger partial charge in [0.2, 0.25) is 5.91 Å². The Bertz CT molecular complexity index is 1200. The van der Waals surface area contributed by atoms with Gasteiger partial charge < -0.3 is 19.3 Å². The molecule has 0 N–H and O–H groups in total. The van der Waals surface area contributed by atoms with Crippen LogP contribution >= 0.6 is 11.8 Å². The van der Waals surface area contributed by atoms with E-state index in [1.165, 1.54) is 0 Å². The number of nitrogens with zero attached hydrogens (tertiary/aromatic N) is 3. The number of hydrogen-bond donors (Lipinski definition) is 0. The van der Waals surface area contributed by atoms with Crippen molar-refractivity contribution in [3.8, 4) is 23.8 Å². The van der Waals surface area contributed by atoms with Crippen LogP contribution in [0.5, 0.6) is 11.5 Å². The lowest BCUT2D eigenvalue weighted by Gasteiger charge is -2.36. The molecule has 2 aliphatic rings. The van der Waals surface area contributed by atoms with E-state index in [4.69, 9.17) is 15.9 Å². The molecule has 0 radical (unpaired) electrons. The quantitative estimate of drug-likeness (QED) is 0.401. The first-order valence-corrected chi connectivity index (χ1v) is 12.5. The molecule has 0 atom stereocenters. The second-order valence-electron chi connectivity index (χ2n) is 8.10. The molecule has 2 aliphatic heterocycles. The van der Waals surface area contributed by atoms with Gasteiger partial charge in [0.25, 0.3) is 11.1 Å². The first kappa shape index (κ1) is 25.2. The van der Waals surface area contributed by atoms with Crippen LogP contribution in [0.4, 0.5) is 10.5 Å². The van der Waals surface area contributed by atoms with E-state index in [1.54, 1.807) is 29.2 Å². The minimum Gasteiger partial charge on any atom is -0.490 e. The third-order valence-electron chi connectivity index (χ3n) is 5.80. The molecule has 0 aromatic heterocycles. The van der Waals surface area contributed by atoms with Crippen molar-refractivity contribution in [2.24, 2.45) is 0 Å². The number of thioether (sulfide) groups is 1. The number of rotatable bonds is 8. The van der Waals surface area contributed by atoms with Crippen molar-refractivity contribution >= 4 is 40.6 Å². The molecule has 8 nitrogen and oxygen atoms in total. The monoisotopic (exact) mass is 505 g/mol. The van der Waals surface area contributed by atoms with Crippen molar-refractivity contribution in [3.63, 3.8) is 0 Å². The molecule has 4 rings (SSSR count). The zero-order valence-corrected chi connectivity index (χ0v) is 20.8. The van der Waals surface area contributed by atoms with E-state index in [2.05, 4.69) is 10.8 Å². The molecule has 2 fully saturated rings. The molecule has 0 spiro atoms. The Morgan fingerprint density at radius 2 is 1.81 bits per heavy atom. The van der Waals surface area contributed by atoms with Gasteiger partial charge >= 0.3 is 0 Å². The summed E-state index contributed by atoms with van der Waals surface area (Å²) in [6.07, 6.45) is 6.87. The van der Waals surface area contributed by atoms with Crippen LogP contribution < -0.4 is 14.4 Å². The first-order valence-electron chi connectivity index (χ1n) is 11.7. The van der Waals surface area contributed by atoms with E-state index in [0.717, 1.165) is 22.3 Å². The van der Waals surface area contributed by atoms with E-state index in [1.807, 2.05) is 37.3 Å². The summed E-state index contributed by atoms with van der Waals surface area (Å²) in [6.45, 7) is 4.57. The van der Waals surface area contributed by atoms with Gasteiger partial charge in [0.15, 0.2) is 11.5 Å². The summed E-state index contributed by atoms with van der Waals surface area (Å²) < 4.78 is 11.1. The molecule has 0 bridgehead atoms. The number of hydrogen-bond acceptors (Lipinski definition) is 7. The average Bonchev–Trinajstić information content (AvgIpc) is 3.16. The second-order valence-corrected chi connectivity index (χ2v) is 9.10. The zero-order valence-electron chi connectivity index (χ0n) is 20.0. The van der Waals surface area contributed by atoms with Gasteiger partial charge in [-0.1, -0.05) is 30.2 Å². The Labute approximate surface area is 214 Å². The Morgan fingerprint density at radius 3 is 2.50 bits per heavy atom. The predicted octanol–water partition coefficient (Wildman–Crippen LogP) is 3.48. The minimum absolute atomic E-state index is 0.105. The molecule has 2 saturated heterocycles. The van der Waals surface area contributed by atoms with Gasteiger partial charge in [0, 0.05) is 31.9 Å². The van der Waals surface area contributed by atoms with Crippen molar-refractivity contribution in [3.05, 3.63) is 59.0 Å².